The zero-order valence-electron chi connectivity index (χ0n) is 11.0. The molecule has 0 heterocycles. The molecule has 0 amide bonds. The zero-order chi connectivity index (χ0) is 13.5. The molecule has 0 unspecified atom stereocenters. The summed E-state index contributed by atoms with van der Waals surface area (Å²) >= 11 is 0. The van der Waals surface area contributed by atoms with Gasteiger partial charge in [0.2, 0.25) is 0 Å². The van der Waals surface area contributed by atoms with Crippen molar-refractivity contribution in [2.24, 2.45) is 0 Å². The molecule has 0 bridgehead atoms. The van der Waals surface area contributed by atoms with Crippen LogP contribution in [0.25, 0.3) is 0 Å². The van der Waals surface area contributed by atoms with E-state index in [1.165, 1.54) is 11.1 Å². The van der Waals surface area contributed by atoms with E-state index in [2.05, 4.69) is 37.4 Å². The zero-order valence-corrected chi connectivity index (χ0v) is 11.0. The van der Waals surface area contributed by atoms with Crippen LogP contribution in [-0.4, -0.2) is 29.6 Å². The molecule has 0 radical (unpaired) electrons. The quantitative estimate of drug-likeness (QED) is 0.564. The summed E-state index contributed by atoms with van der Waals surface area (Å²) in [5.74, 6) is 1.70. The third kappa shape index (κ3) is 5.01. The van der Waals surface area contributed by atoms with Gasteiger partial charge in [-0.2, -0.15) is 0 Å². The van der Waals surface area contributed by atoms with Gasteiger partial charge < -0.3 is 4.74 Å². The van der Waals surface area contributed by atoms with E-state index in [0.29, 0.717) is 0 Å². The van der Waals surface area contributed by atoms with Crippen LogP contribution < -0.4 is 4.74 Å². The van der Waals surface area contributed by atoms with Crippen LogP contribution in [-0.2, 0) is 12.8 Å². The maximum atomic E-state index is 5.79. The monoisotopic (exact) mass is 274 g/mol. The first-order valence-electron chi connectivity index (χ1n) is 6.39. The Balaban J connectivity index is 0.00000200. The molecule has 2 heteroatoms. The Morgan fingerprint density at radius 2 is 1.05 bits per heavy atom. The van der Waals surface area contributed by atoms with Gasteiger partial charge >= 0.3 is 29.6 Å². The molecule has 0 saturated carbocycles. The molecule has 0 spiro atoms. The molecule has 0 atom stereocenters. The van der Waals surface area contributed by atoms with Crippen molar-refractivity contribution < 1.29 is 4.74 Å². The first kappa shape index (κ1) is 16.8. The summed E-state index contributed by atoms with van der Waals surface area (Å²) in [4.78, 5) is 0. The van der Waals surface area contributed by atoms with E-state index >= 15 is 0 Å². The molecule has 2 rings (SSSR count). The van der Waals surface area contributed by atoms with Crippen molar-refractivity contribution in [3.05, 3.63) is 85.0 Å². The first-order valence-corrected chi connectivity index (χ1v) is 6.39. The molecular formula is C18H19NaO. The summed E-state index contributed by atoms with van der Waals surface area (Å²) in [5, 5.41) is 0. The second kappa shape index (κ2) is 8.80. The molecular weight excluding hydrogens is 255 g/mol. The number of benzene rings is 2. The van der Waals surface area contributed by atoms with Gasteiger partial charge in [0, 0.05) is 0 Å². The molecule has 1 nitrogen and oxygen atoms in total. The van der Waals surface area contributed by atoms with Crippen LogP contribution >= 0.6 is 0 Å². The number of hydrogen-bond donors (Lipinski definition) is 0. The van der Waals surface area contributed by atoms with Crippen molar-refractivity contribution in [1.82, 2.24) is 0 Å². The average Bonchev–Trinajstić information content (AvgIpc) is 2.44. The van der Waals surface area contributed by atoms with Crippen LogP contribution in [0.1, 0.15) is 11.1 Å². The van der Waals surface area contributed by atoms with Gasteiger partial charge in [0.05, 0.1) is 0 Å². The van der Waals surface area contributed by atoms with Crippen molar-refractivity contribution in [3.8, 4) is 11.5 Å². The second-order valence-corrected chi connectivity index (χ2v) is 4.38. The van der Waals surface area contributed by atoms with Gasteiger partial charge in [0.25, 0.3) is 0 Å². The summed E-state index contributed by atoms with van der Waals surface area (Å²) < 4.78 is 5.79. The van der Waals surface area contributed by atoms with Crippen LogP contribution in [0, 0.1) is 0 Å². The molecule has 0 aliphatic rings. The average molecular weight is 274 g/mol. The predicted octanol–water partition coefficient (Wildman–Crippen LogP) is 4.29. The van der Waals surface area contributed by atoms with Crippen LogP contribution in [0.4, 0.5) is 0 Å². The van der Waals surface area contributed by atoms with E-state index in [1.54, 1.807) is 0 Å². The Labute approximate surface area is 143 Å². The minimum absolute atomic E-state index is 0. The fraction of sp³-hybridized carbons (Fsp3) is 0.111. The SMILES string of the molecule is C=CCc1ccc(Oc2ccc(CC=C)cc2)cc1.[NaH]. The van der Waals surface area contributed by atoms with Crippen molar-refractivity contribution in [2.75, 3.05) is 0 Å². The van der Waals surface area contributed by atoms with Gasteiger partial charge in [-0.25, -0.2) is 0 Å². The van der Waals surface area contributed by atoms with Crippen molar-refractivity contribution in [3.63, 3.8) is 0 Å². The molecule has 0 N–H and O–H groups in total. The standard InChI is InChI=1S/C18H18O.Na.H/c1-3-5-15-7-11-17(12-8-15)19-18-13-9-16(6-4-2)10-14-18;;/h3-4,7-14H,1-2,5-6H2;;. The van der Waals surface area contributed by atoms with Gasteiger partial charge in [-0.15, -0.1) is 13.2 Å². The van der Waals surface area contributed by atoms with E-state index in [0.717, 1.165) is 24.3 Å². The molecule has 0 saturated heterocycles. The van der Waals surface area contributed by atoms with Crippen LogP contribution in [0.5, 0.6) is 11.5 Å². The normalized spacial score (nSPS) is 9.40. The van der Waals surface area contributed by atoms with Gasteiger partial charge in [0.1, 0.15) is 11.5 Å². The fourth-order valence-electron chi connectivity index (χ4n) is 1.86. The van der Waals surface area contributed by atoms with Crippen molar-refractivity contribution in [1.29, 1.82) is 0 Å². The Morgan fingerprint density at radius 1 is 0.700 bits per heavy atom. The minimum atomic E-state index is 0. The molecule has 0 aliphatic carbocycles. The summed E-state index contributed by atoms with van der Waals surface area (Å²) in [6.45, 7) is 7.46. The molecule has 0 aromatic heterocycles. The number of hydrogen-bond acceptors (Lipinski definition) is 1. The fourth-order valence-corrected chi connectivity index (χ4v) is 1.86. The Hall–Kier alpha value is -1.28. The van der Waals surface area contributed by atoms with E-state index < -0.39 is 0 Å². The van der Waals surface area contributed by atoms with Gasteiger partial charge in [-0.1, -0.05) is 36.4 Å². The molecule has 98 valence electrons. The Bertz CT molecular complexity index is 489. The van der Waals surface area contributed by atoms with E-state index in [4.69, 9.17) is 4.74 Å². The third-order valence-electron chi connectivity index (χ3n) is 2.84. The summed E-state index contributed by atoms with van der Waals surface area (Å²) in [5.41, 5.74) is 2.48. The van der Waals surface area contributed by atoms with E-state index in [9.17, 15) is 0 Å². The van der Waals surface area contributed by atoms with Gasteiger partial charge in [-0.3, -0.25) is 0 Å². The van der Waals surface area contributed by atoms with Gasteiger partial charge in [0.15, 0.2) is 0 Å². The van der Waals surface area contributed by atoms with Gasteiger partial charge in [-0.05, 0) is 48.2 Å². The molecule has 2 aromatic carbocycles. The van der Waals surface area contributed by atoms with Crippen molar-refractivity contribution in [2.45, 2.75) is 12.8 Å². The van der Waals surface area contributed by atoms with Crippen LogP contribution in [0.2, 0.25) is 0 Å². The summed E-state index contributed by atoms with van der Waals surface area (Å²) in [7, 11) is 0. The first-order chi connectivity index (χ1) is 9.31. The maximum absolute atomic E-state index is 5.79. The van der Waals surface area contributed by atoms with E-state index in [1.807, 2.05) is 36.4 Å². The molecule has 2 aromatic rings. The molecule has 0 aliphatic heterocycles. The third-order valence-corrected chi connectivity index (χ3v) is 2.84. The molecule has 0 fully saturated rings. The second-order valence-electron chi connectivity index (χ2n) is 4.38. The topological polar surface area (TPSA) is 9.23 Å². The van der Waals surface area contributed by atoms with Crippen LogP contribution in [0.15, 0.2) is 73.8 Å². The van der Waals surface area contributed by atoms with Crippen molar-refractivity contribution >= 4 is 29.6 Å². The van der Waals surface area contributed by atoms with Crippen LogP contribution in [0.3, 0.4) is 0 Å². The number of rotatable bonds is 6. The predicted molar refractivity (Wildman–Crippen MR) is 87.9 cm³/mol. The number of ether oxygens (including phenoxy) is 1. The summed E-state index contributed by atoms with van der Waals surface area (Å²) in [6.07, 6.45) is 5.56. The number of allylic oxidation sites excluding steroid dienone is 2. The Kier molecular flexibility index (Phi) is 7.38. The summed E-state index contributed by atoms with van der Waals surface area (Å²) in [6, 6.07) is 16.2. The Morgan fingerprint density at radius 3 is 1.35 bits per heavy atom. The van der Waals surface area contributed by atoms with E-state index in [-0.39, 0.29) is 29.6 Å². The molecule has 20 heavy (non-hydrogen) atoms.